The summed E-state index contributed by atoms with van der Waals surface area (Å²) >= 11 is 0. The topological polar surface area (TPSA) is 103 Å². The van der Waals surface area contributed by atoms with E-state index in [4.69, 9.17) is 5.11 Å². The average molecular weight is 436 g/mol. The zero-order valence-corrected chi connectivity index (χ0v) is 18.3. The molecule has 3 N–H and O–H groups in total. The summed E-state index contributed by atoms with van der Waals surface area (Å²) in [6.07, 6.45) is 5.64. The number of anilines is 1. The second-order valence-corrected chi connectivity index (χ2v) is 7.95. The van der Waals surface area contributed by atoms with Crippen molar-refractivity contribution in [3.63, 3.8) is 0 Å². The first kappa shape index (κ1) is 23.5. The molecule has 0 spiro atoms. The van der Waals surface area contributed by atoms with Gasteiger partial charge in [0.15, 0.2) is 5.78 Å². The number of amides is 1. The van der Waals surface area contributed by atoms with Crippen molar-refractivity contribution in [1.29, 1.82) is 0 Å². The van der Waals surface area contributed by atoms with Gasteiger partial charge < -0.3 is 20.4 Å². The fourth-order valence-corrected chi connectivity index (χ4v) is 3.59. The van der Waals surface area contributed by atoms with Crippen molar-refractivity contribution in [3.05, 3.63) is 59.3 Å². The van der Waals surface area contributed by atoms with Gasteiger partial charge in [-0.05, 0) is 56.2 Å². The fourth-order valence-electron chi connectivity index (χ4n) is 3.59. The van der Waals surface area contributed by atoms with Gasteiger partial charge in [-0.1, -0.05) is 24.7 Å². The Morgan fingerprint density at radius 3 is 2.22 bits per heavy atom. The van der Waals surface area contributed by atoms with Crippen LogP contribution < -0.4 is 10.2 Å². The van der Waals surface area contributed by atoms with Crippen molar-refractivity contribution >= 4 is 17.5 Å². The molecule has 0 radical (unpaired) electrons. The lowest BCUT2D eigenvalue weighted by Gasteiger charge is -2.21. The molecule has 0 saturated carbocycles. The van der Waals surface area contributed by atoms with Gasteiger partial charge in [0.25, 0.3) is 5.91 Å². The quantitative estimate of drug-likeness (QED) is 0.599. The summed E-state index contributed by atoms with van der Waals surface area (Å²) in [7, 11) is 0. The maximum atomic E-state index is 12.4. The van der Waals surface area contributed by atoms with E-state index in [1.54, 1.807) is 30.5 Å². The zero-order chi connectivity index (χ0) is 22.9. The second kappa shape index (κ2) is 11.4. The molecule has 1 fully saturated rings. The Morgan fingerprint density at radius 2 is 1.66 bits per heavy atom. The molecular formula is C25H29N3O4. The first-order valence-corrected chi connectivity index (χ1v) is 10.9. The van der Waals surface area contributed by atoms with Crippen LogP contribution in [0, 0.1) is 11.8 Å². The molecule has 1 aromatic heterocycles. The number of hydrogen-bond acceptors (Lipinski definition) is 6. The number of carbonyl (C=O) groups excluding carboxylic acids is 2. The number of Topliss-reactive ketones (excluding diaryl/α,β-unsaturated/α-hetero) is 1. The van der Waals surface area contributed by atoms with Gasteiger partial charge in [-0.3, -0.25) is 9.59 Å². The SMILES string of the molecule is C[C@@H](O)[C@H](NC(=O)c1ccc(C#Cc2ccc(N3CCCCCC3)nc2)cc1)C(=O)CO. The Hall–Kier alpha value is -3.21. The molecule has 1 aliphatic heterocycles. The van der Waals surface area contributed by atoms with E-state index in [1.807, 2.05) is 12.1 Å². The van der Waals surface area contributed by atoms with Gasteiger partial charge in [-0.15, -0.1) is 0 Å². The van der Waals surface area contributed by atoms with Crippen LogP contribution in [0.2, 0.25) is 0 Å². The van der Waals surface area contributed by atoms with E-state index in [0.29, 0.717) is 5.56 Å². The van der Waals surface area contributed by atoms with Crippen LogP contribution in [0.3, 0.4) is 0 Å². The second-order valence-electron chi connectivity index (χ2n) is 7.95. The lowest BCUT2D eigenvalue weighted by atomic mass is 10.1. The van der Waals surface area contributed by atoms with Gasteiger partial charge in [-0.25, -0.2) is 4.98 Å². The van der Waals surface area contributed by atoms with Crippen LogP contribution in [-0.2, 0) is 4.79 Å². The van der Waals surface area contributed by atoms with Crippen molar-refractivity contribution in [2.45, 2.75) is 44.8 Å². The van der Waals surface area contributed by atoms with E-state index in [-0.39, 0.29) is 0 Å². The molecule has 1 saturated heterocycles. The average Bonchev–Trinajstić information content (AvgIpc) is 3.10. The minimum atomic E-state index is -1.16. The molecule has 0 bridgehead atoms. The highest BCUT2D eigenvalue weighted by Gasteiger charge is 2.25. The van der Waals surface area contributed by atoms with E-state index >= 15 is 0 Å². The highest BCUT2D eigenvalue weighted by atomic mass is 16.3. The van der Waals surface area contributed by atoms with Crippen LogP contribution in [0.25, 0.3) is 0 Å². The largest absolute Gasteiger partial charge is 0.391 e. The normalized spacial score (nSPS) is 15.7. The number of nitrogens with one attached hydrogen (secondary N) is 1. The van der Waals surface area contributed by atoms with E-state index < -0.39 is 30.4 Å². The molecule has 1 aliphatic rings. The van der Waals surface area contributed by atoms with Gasteiger partial charge in [0.1, 0.15) is 18.5 Å². The van der Waals surface area contributed by atoms with Gasteiger partial charge in [-0.2, -0.15) is 0 Å². The number of ketones is 1. The molecule has 2 aromatic rings. The summed E-state index contributed by atoms with van der Waals surface area (Å²) in [6, 6.07) is 9.45. The van der Waals surface area contributed by atoms with Crippen LogP contribution >= 0.6 is 0 Å². The van der Waals surface area contributed by atoms with Crippen molar-refractivity contribution in [2.75, 3.05) is 24.6 Å². The third-order valence-electron chi connectivity index (χ3n) is 5.45. The maximum absolute atomic E-state index is 12.4. The Labute approximate surface area is 188 Å². The number of rotatable bonds is 6. The van der Waals surface area contributed by atoms with Crippen LogP contribution in [0.5, 0.6) is 0 Å². The Morgan fingerprint density at radius 1 is 1.03 bits per heavy atom. The first-order valence-electron chi connectivity index (χ1n) is 10.9. The molecule has 2 heterocycles. The molecule has 1 amide bonds. The highest BCUT2D eigenvalue weighted by molar-refractivity contribution is 5.98. The molecule has 32 heavy (non-hydrogen) atoms. The Kier molecular flexibility index (Phi) is 8.37. The molecular weight excluding hydrogens is 406 g/mol. The fraction of sp³-hybridized carbons (Fsp3) is 0.400. The molecule has 0 unspecified atom stereocenters. The number of aliphatic hydroxyl groups is 2. The van der Waals surface area contributed by atoms with Crippen LogP contribution in [-0.4, -0.2) is 58.7 Å². The zero-order valence-electron chi connectivity index (χ0n) is 18.3. The van der Waals surface area contributed by atoms with Crippen LogP contribution in [0.15, 0.2) is 42.6 Å². The molecule has 7 heteroatoms. The Balaban J connectivity index is 1.62. The summed E-state index contributed by atoms with van der Waals surface area (Å²) in [6.45, 7) is 2.72. The predicted molar refractivity (Wildman–Crippen MR) is 122 cm³/mol. The van der Waals surface area contributed by atoms with Crippen LogP contribution in [0.1, 0.15) is 54.1 Å². The monoisotopic (exact) mass is 435 g/mol. The number of benzene rings is 1. The highest BCUT2D eigenvalue weighted by Crippen LogP contribution is 2.17. The third-order valence-corrected chi connectivity index (χ3v) is 5.45. The van der Waals surface area contributed by atoms with Crippen molar-refractivity contribution < 1.29 is 19.8 Å². The van der Waals surface area contributed by atoms with E-state index in [2.05, 4.69) is 27.0 Å². The molecule has 168 valence electrons. The molecule has 7 nitrogen and oxygen atoms in total. The first-order chi connectivity index (χ1) is 15.5. The molecule has 0 aliphatic carbocycles. The smallest absolute Gasteiger partial charge is 0.251 e. The third kappa shape index (κ3) is 6.39. The molecule has 3 rings (SSSR count). The van der Waals surface area contributed by atoms with E-state index in [1.165, 1.54) is 32.6 Å². The minimum absolute atomic E-state index is 0.329. The number of nitrogens with zero attached hydrogens (tertiary/aromatic N) is 2. The van der Waals surface area contributed by atoms with Gasteiger partial charge in [0.2, 0.25) is 0 Å². The number of aromatic nitrogens is 1. The summed E-state index contributed by atoms with van der Waals surface area (Å²) in [5.41, 5.74) is 1.87. The number of hydrogen-bond donors (Lipinski definition) is 3. The summed E-state index contributed by atoms with van der Waals surface area (Å²) in [4.78, 5) is 30.9. The van der Waals surface area contributed by atoms with Gasteiger partial charge >= 0.3 is 0 Å². The maximum Gasteiger partial charge on any atom is 0.251 e. The number of pyridine rings is 1. The molecule has 1 aromatic carbocycles. The van der Waals surface area contributed by atoms with Crippen molar-refractivity contribution in [1.82, 2.24) is 10.3 Å². The molecule has 2 atom stereocenters. The lowest BCUT2D eigenvalue weighted by Crippen LogP contribution is -2.48. The summed E-state index contributed by atoms with van der Waals surface area (Å²) < 4.78 is 0. The van der Waals surface area contributed by atoms with E-state index in [9.17, 15) is 14.7 Å². The Bertz CT molecular complexity index is 967. The van der Waals surface area contributed by atoms with Crippen LogP contribution in [0.4, 0.5) is 5.82 Å². The van der Waals surface area contributed by atoms with Gasteiger partial charge in [0, 0.05) is 36.0 Å². The lowest BCUT2D eigenvalue weighted by molar-refractivity contribution is -0.125. The number of carbonyl (C=O) groups is 2. The number of aliphatic hydroxyl groups excluding tert-OH is 2. The standard InChI is InChI=1S/C25H29N3O4/c1-18(30)24(22(31)17-29)27-25(32)21-11-8-19(9-12-21)6-7-20-10-13-23(26-16-20)28-14-4-2-3-5-15-28/h8-13,16,18,24,29-30H,2-5,14-15,17H2,1H3,(H,27,32)/t18-,24+/m1/s1. The van der Waals surface area contributed by atoms with Crippen molar-refractivity contribution in [3.8, 4) is 11.8 Å². The summed E-state index contributed by atoms with van der Waals surface area (Å²) in [5.74, 6) is 5.98. The van der Waals surface area contributed by atoms with Crippen molar-refractivity contribution in [2.24, 2.45) is 0 Å². The van der Waals surface area contributed by atoms with Gasteiger partial charge in [0.05, 0.1) is 6.10 Å². The predicted octanol–water partition coefficient (Wildman–Crippen LogP) is 1.90. The van der Waals surface area contributed by atoms with E-state index in [0.717, 1.165) is 30.0 Å². The minimum Gasteiger partial charge on any atom is -0.391 e. The summed E-state index contributed by atoms with van der Waals surface area (Å²) in [5, 5.41) is 21.1.